The van der Waals surface area contributed by atoms with Crippen LogP contribution >= 0.6 is 0 Å². The number of aromatic nitrogens is 1. The van der Waals surface area contributed by atoms with Gasteiger partial charge in [0, 0.05) is 24.0 Å². The maximum Gasteiger partial charge on any atom is 0.123 e. The van der Waals surface area contributed by atoms with Crippen LogP contribution in [-0.4, -0.2) is 11.7 Å². The molecule has 0 aliphatic carbocycles. The van der Waals surface area contributed by atoms with E-state index in [0.29, 0.717) is 6.54 Å². The Morgan fingerprint density at radius 1 is 1.29 bits per heavy atom. The van der Waals surface area contributed by atoms with Crippen molar-refractivity contribution in [2.75, 3.05) is 7.11 Å². The summed E-state index contributed by atoms with van der Waals surface area (Å²) in [6.07, 6.45) is 2.05. The first-order chi connectivity index (χ1) is 8.24. The minimum Gasteiger partial charge on any atom is -0.496 e. The zero-order chi connectivity index (χ0) is 12.3. The smallest absolute Gasteiger partial charge is 0.123 e. The van der Waals surface area contributed by atoms with E-state index in [-0.39, 0.29) is 0 Å². The van der Waals surface area contributed by atoms with Crippen molar-refractivity contribution in [3.05, 3.63) is 53.3 Å². The summed E-state index contributed by atoms with van der Waals surface area (Å²) in [4.78, 5) is 0. The fraction of sp³-hybridized carbons (Fsp3) is 0.286. The van der Waals surface area contributed by atoms with Crippen molar-refractivity contribution in [1.29, 1.82) is 0 Å². The van der Waals surface area contributed by atoms with Gasteiger partial charge >= 0.3 is 0 Å². The number of hydrogen-bond donors (Lipinski definition) is 1. The Balaban J connectivity index is 2.32. The monoisotopic (exact) mass is 230 g/mol. The van der Waals surface area contributed by atoms with E-state index in [0.717, 1.165) is 18.0 Å². The Morgan fingerprint density at radius 3 is 2.82 bits per heavy atom. The van der Waals surface area contributed by atoms with Crippen LogP contribution in [0.2, 0.25) is 0 Å². The number of aryl methyl sites for hydroxylation is 1. The topological polar surface area (TPSA) is 40.2 Å². The average molecular weight is 230 g/mol. The molecule has 3 nitrogen and oxygen atoms in total. The van der Waals surface area contributed by atoms with Crippen molar-refractivity contribution in [1.82, 2.24) is 4.57 Å². The molecule has 0 atom stereocenters. The molecule has 0 unspecified atom stereocenters. The molecule has 2 aromatic rings. The fourth-order valence-electron chi connectivity index (χ4n) is 2.00. The Bertz CT molecular complexity index is 503. The number of ether oxygens (including phenoxy) is 1. The number of benzene rings is 1. The van der Waals surface area contributed by atoms with E-state index >= 15 is 0 Å². The van der Waals surface area contributed by atoms with E-state index in [1.54, 1.807) is 7.11 Å². The molecule has 0 radical (unpaired) electrons. The van der Waals surface area contributed by atoms with E-state index in [1.807, 2.05) is 24.4 Å². The van der Waals surface area contributed by atoms with Crippen molar-refractivity contribution in [3.63, 3.8) is 0 Å². The molecule has 2 N–H and O–H groups in total. The van der Waals surface area contributed by atoms with Gasteiger partial charge in [-0.15, -0.1) is 0 Å². The van der Waals surface area contributed by atoms with Gasteiger partial charge < -0.3 is 15.0 Å². The van der Waals surface area contributed by atoms with Crippen molar-refractivity contribution in [2.24, 2.45) is 5.73 Å². The molecule has 17 heavy (non-hydrogen) atoms. The Hall–Kier alpha value is -1.74. The summed E-state index contributed by atoms with van der Waals surface area (Å²) in [7, 11) is 1.70. The van der Waals surface area contributed by atoms with Crippen LogP contribution in [0.5, 0.6) is 5.75 Å². The van der Waals surface area contributed by atoms with E-state index in [4.69, 9.17) is 10.5 Å². The van der Waals surface area contributed by atoms with Gasteiger partial charge in [0.15, 0.2) is 0 Å². The lowest BCUT2D eigenvalue weighted by Crippen LogP contribution is -2.08. The minimum atomic E-state index is 0.557. The SMILES string of the molecule is COc1ccc(C)cc1Cn1cccc1CN. The third-order valence-corrected chi connectivity index (χ3v) is 2.91. The summed E-state index contributed by atoms with van der Waals surface area (Å²) in [6.45, 7) is 3.44. The van der Waals surface area contributed by atoms with Crippen LogP contribution < -0.4 is 10.5 Å². The third-order valence-electron chi connectivity index (χ3n) is 2.91. The van der Waals surface area contributed by atoms with Crippen LogP contribution in [0, 0.1) is 6.92 Å². The van der Waals surface area contributed by atoms with Crippen LogP contribution in [-0.2, 0) is 13.1 Å². The molecule has 0 saturated carbocycles. The minimum absolute atomic E-state index is 0.557. The highest BCUT2D eigenvalue weighted by Gasteiger charge is 2.05. The summed E-state index contributed by atoms with van der Waals surface area (Å²) >= 11 is 0. The summed E-state index contributed by atoms with van der Waals surface area (Å²) in [5.41, 5.74) is 9.25. The zero-order valence-electron chi connectivity index (χ0n) is 10.3. The van der Waals surface area contributed by atoms with Gasteiger partial charge in [0.05, 0.1) is 13.7 Å². The molecular formula is C14H18N2O. The van der Waals surface area contributed by atoms with Gasteiger partial charge in [0.2, 0.25) is 0 Å². The van der Waals surface area contributed by atoms with Crippen molar-refractivity contribution in [3.8, 4) is 5.75 Å². The van der Waals surface area contributed by atoms with E-state index in [1.165, 1.54) is 11.1 Å². The molecule has 1 heterocycles. The molecule has 0 fully saturated rings. The Morgan fingerprint density at radius 2 is 2.12 bits per heavy atom. The first kappa shape index (κ1) is 11.7. The van der Waals surface area contributed by atoms with Gasteiger partial charge in [0.25, 0.3) is 0 Å². The van der Waals surface area contributed by atoms with Crippen LogP contribution in [0.25, 0.3) is 0 Å². The highest BCUT2D eigenvalue weighted by molar-refractivity contribution is 5.37. The molecule has 2 rings (SSSR count). The molecule has 0 spiro atoms. The fourth-order valence-corrected chi connectivity index (χ4v) is 2.00. The molecule has 3 heteroatoms. The first-order valence-electron chi connectivity index (χ1n) is 5.72. The molecule has 0 saturated heterocycles. The van der Waals surface area contributed by atoms with Crippen LogP contribution in [0.4, 0.5) is 0 Å². The van der Waals surface area contributed by atoms with Gasteiger partial charge in [-0.25, -0.2) is 0 Å². The summed E-state index contributed by atoms with van der Waals surface area (Å²) in [6, 6.07) is 10.3. The molecule has 0 aliphatic heterocycles. The Labute approximate surface area is 102 Å². The number of hydrogen-bond acceptors (Lipinski definition) is 2. The van der Waals surface area contributed by atoms with Gasteiger partial charge in [0.1, 0.15) is 5.75 Å². The second kappa shape index (κ2) is 5.06. The summed E-state index contributed by atoms with van der Waals surface area (Å²) < 4.78 is 7.53. The maximum absolute atomic E-state index is 5.70. The normalized spacial score (nSPS) is 10.5. The van der Waals surface area contributed by atoms with Crippen LogP contribution in [0.15, 0.2) is 36.5 Å². The van der Waals surface area contributed by atoms with Crippen LogP contribution in [0.1, 0.15) is 16.8 Å². The summed E-state index contributed by atoms with van der Waals surface area (Å²) in [5.74, 6) is 0.923. The molecule has 0 bridgehead atoms. The maximum atomic E-state index is 5.70. The third kappa shape index (κ3) is 2.50. The Kier molecular flexibility index (Phi) is 3.49. The molecule has 90 valence electrons. The van der Waals surface area contributed by atoms with E-state index in [2.05, 4.69) is 23.6 Å². The standard InChI is InChI=1S/C14H18N2O/c1-11-5-6-14(17-2)12(8-11)10-16-7-3-4-13(16)9-15/h3-8H,9-10,15H2,1-2H3. The molecule has 0 amide bonds. The first-order valence-corrected chi connectivity index (χ1v) is 5.72. The zero-order valence-corrected chi connectivity index (χ0v) is 10.3. The lowest BCUT2D eigenvalue weighted by atomic mass is 10.1. The van der Waals surface area contributed by atoms with Crippen molar-refractivity contribution >= 4 is 0 Å². The van der Waals surface area contributed by atoms with Crippen LogP contribution in [0.3, 0.4) is 0 Å². The number of nitrogens with zero attached hydrogens (tertiary/aromatic N) is 1. The average Bonchev–Trinajstić information content (AvgIpc) is 2.77. The number of nitrogens with two attached hydrogens (primary N) is 1. The van der Waals surface area contributed by atoms with Gasteiger partial charge in [-0.1, -0.05) is 17.7 Å². The second-order valence-electron chi connectivity index (χ2n) is 4.15. The molecule has 1 aromatic carbocycles. The molecule has 0 aliphatic rings. The number of rotatable bonds is 4. The highest BCUT2D eigenvalue weighted by Crippen LogP contribution is 2.21. The molecule has 1 aromatic heterocycles. The van der Waals surface area contributed by atoms with Gasteiger partial charge in [-0.3, -0.25) is 0 Å². The predicted octanol–water partition coefficient (Wildman–Crippen LogP) is 2.31. The van der Waals surface area contributed by atoms with Crippen molar-refractivity contribution in [2.45, 2.75) is 20.0 Å². The van der Waals surface area contributed by atoms with E-state index < -0.39 is 0 Å². The number of methoxy groups -OCH3 is 1. The lowest BCUT2D eigenvalue weighted by Gasteiger charge is -2.12. The predicted molar refractivity (Wildman–Crippen MR) is 69.2 cm³/mol. The quantitative estimate of drug-likeness (QED) is 0.875. The van der Waals surface area contributed by atoms with Gasteiger partial charge in [-0.2, -0.15) is 0 Å². The summed E-state index contributed by atoms with van der Waals surface area (Å²) in [5, 5.41) is 0. The van der Waals surface area contributed by atoms with Gasteiger partial charge in [-0.05, 0) is 25.1 Å². The second-order valence-corrected chi connectivity index (χ2v) is 4.15. The highest BCUT2D eigenvalue weighted by atomic mass is 16.5. The lowest BCUT2D eigenvalue weighted by molar-refractivity contribution is 0.408. The molecular weight excluding hydrogens is 212 g/mol. The van der Waals surface area contributed by atoms with E-state index in [9.17, 15) is 0 Å². The largest absolute Gasteiger partial charge is 0.496 e. The van der Waals surface area contributed by atoms with Crippen molar-refractivity contribution < 1.29 is 4.74 Å².